The van der Waals surface area contributed by atoms with Crippen LogP contribution in [0.5, 0.6) is 0 Å². The number of benzene rings is 1. The summed E-state index contributed by atoms with van der Waals surface area (Å²) >= 11 is 10.8. The van der Waals surface area contributed by atoms with E-state index in [1.54, 1.807) is 22.7 Å². The lowest BCUT2D eigenvalue weighted by atomic mass is 9.94. The molecule has 0 aliphatic carbocycles. The molecule has 1 atom stereocenters. The predicted octanol–water partition coefficient (Wildman–Crippen LogP) is 11.8. The monoisotopic (exact) mass is 663 g/mol. The number of aromatic nitrogens is 3. The van der Waals surface area contributed by atoms with Crippen LogP contribution in [-0.2, 0) is 6.54 Å². The topological polar surface area (TPSA) is 30.7 Å². The lowest BCUT2D eigenvalue weighted by molar-refractivity contribution is 0.327. The van der Waals surface area contributed by atoms with E-state index in [1.165, 1.54) is 97.9 Å². The number of nitrogens with zero attached hydrogens (tertiary/aromatic N) is 3. The van der Waals surface area contributed by atoms with Crippen molar-refractivity contribution < 1.29 is 0 Å². The van der Waals surface area contributed by atoms with Gasteiger partial charge in [0.05, 0.1) is 14.1 Å². The second-order valence-electron chi connectivity index (χ2n) is 10.1. The molecule has 0 aliphatic rings. The summed E-state index contributed by atoms with van der Waals surface area (Å²) in [6, 6.07) is 13.0. The Balaban J connectivity index is 1.58. The van der Waals surface area contributed by atoms with Gasteiger partial charge >= 0.3 is 0 Å². The summed E-state index contributed by atoms with van der Waals surface area (Å²) in [7, 11) is 0. The van der Waals surface area contributed by atoms with Crippen LogP contribution in [0.2, 0.25) is 0 Å². The fraction of sp³-hybridized carbons (Fsp3) is 0.533. The SMILES string of the molecule is CCCCCCCCC(CCCCCC)Cn1nc2c(-c3ccc(Br)s3)ccc(-c3ccc(Br)s3)c2n1. The molecule has 0 N–H and O–H groups in total. The van der Waals surface area contributed by atoms with Crippen molar-refractivity contribution in [1.82, 2.24) is 15.0 Å². The summed E-state index contributed by atoms with van der Waals surface area (Å²) in [6.07, 6.45) is 16.0. The molecule has 3 nitrogen and oxygen atoms in total. The van der Waals surface area contributed by atoms with Crippen LogP contribution in [0, 0.1) is 5.92 Å². The molecule has 37 heavy (non-hydrogen) atoms. The number of halogens is 2. The summed E-state index contributed by atoms with van der Waals surface area (Å²) < 4.78 is 2.28. The largest absolute Gasteiger partial charge is 0.183 e. The summed E-state index contributed by atoms with van der Waals surface area (Å²) in [5.41, 5.74) is 4.37. The number of hydrogen-bond acceptors (Lipinski definition) is 4. The van der Waals surface area contributed by atoms with E-state index in [4.69, 9.17) is 10.2 Å². The first kappa shape index (κ1) is 29.0. The van der Waals surface area contributed by atoms with Crippen molar-refractivity contribution in [2.45, 2.75) is 97.4 Å². The first-order valence-corrected chi connectivity index (χ1v) is 17.2. The molecule has 0 saturated carbocycles. The van der Waals surface area contributed by atoms with E-state index in [9.17, 15) is 0 Å². The zero-order chi connectivity index (χ0) is 26.0. The fourth-order valence-corrected chi connectivity index (χ4v) is 7.89. The van der Waals surface area contributed by atoms with Gasteiger partial charge < -0.3 is 0 Å². The van der Waals surface area contributed by atoms with E-state index in [1.807, 2.05) is 4.80 Å². The number of hydrogen-bond donors (Lipinski definition) is 0. The molecule has 0 radical (unpaired) electrons. The third-order valence-corrected chi connectivity index (χ3v) is 10.4. The van der Waals surface area contributed by atoms with Crippen LogP contribution in [-0.4, -0.2) is 15.0 Å². The summed E-state index contributed by atoms with van der Waals surface area (Å²) in [5, 5.41) is 10.3. The molecule has 4 aromatic rings. The highest BCUT2D eigenvalue weighted by molar-refractivity contribution is 9.11. The molecule has 0 amide bonds. The Kier molecular flexibility index (Phi) is 11.7. The molecule has 4 rings (SSSR count). The molecule has 0 bridgehead atoms. The second-order valence-corrected chi connectivity index (χ2v) is 15.0. The van der Waals surface area contributed by atoms with Crippen LogP contribution >= 0.6 is 54.5 Å². The lowest BCUT2D eigenvalue weighted by Gasteiger charge is -2.16. The van der Waals surface area contributed by atoms with Gasteiger partial charge in [0.15, 0.2) is 0 Å². The molecular formula is C30H39Br2N3S2. The maximum atomic E-state index is 5.13. The summed E-state index contributed by atoms with van der Waals surface area (Å²) in [5.74, 6) is 0.642. The minimum absolute atomic E-state index is 0.642. The highest BCUT2D eigenvalue weighted by Gasteiger charge is 2.19. The third-order valence-electron chi connectivity index (χ3n) is 7.11. The van der Waals surface area contributed by atoms with E-state index < -0.39 is 0 Å². The molecule has 7 heteroatoms. The molecule has 1 aromatic carbocycles. The van der Waals surface area contributed by atoms with Crippen molar-refractivity contribution in [3.05, 3.63) is 44.0 Å². The Labute approximate surface area is 247 Å². The van der Waals surface area contributed by atoms with Crippen molar-refractivity contribution in [1.29, 1.82) is 0 Å². The van der Waals surface area contributed by atoms with Gasteiger partial charge in [0.25, 0.3) is 0 Å². The molecule has 0 fully saturated rings. The number of rotatable bonds is 16. The predicted molar refractivity (Wildman–Crippen MR) is 170 cm³/mol. The fourth-order valence-electron chi connectivity index (χ4n) is 5.06. The molecule has 3 aromatic heterocycles. The minimum Gasteiger partial charge on any atom is -0.183 e. The molecule has 0 aliphatic heterocycles. The first-order valence-electron chi connectivity index (χ1n) is 14.0. The highest BCUT2D eigenvalue weighted by atomic mass is 79.9. The van der Waals surface area contributed by atoms with Gasteiger partial charge in [0.2, 0.25) is 0 Å². The third kappa shape index (κ3) is 8.23. The zero-order valence-electron chi connectivity index (χ0n) is 22.1. The van der Waals surface area contributed by atoms with Crippen molar-refractivity contribution in [2.24, 2.45) is 5.92 Å². The average Bonchev–Trinajstić information content (AvgIpc) is 3.63. The Hall–Kier alpha value is -1.02. The standard InChI is InChI=1S/C30H39Br2N3S2/c1-3-5-7-9-10-12-14-22(13-11-8-6-4-2)21-35-33-29-23(25-17-19-27(31)36-25)15-16-24(30(29)34-35)26-18-20-28(32)37-26/h15-20,22H,3-14,21H2,1-2H3. The van der Waals surface area contributed by atoms with Crippen LogP contribution in [0.3, 0.4) is 0 Å². The van der Waals surface area contributed by atoms with Gasteiger partial charge in [-0.1, -0.05) is 90.2 Å². The zero-order valence-corrected chi connectivity index (χ0v) is 27.0. The van der Waals surface area contributed by atoms with Crippen LogP contribution in [0.1, 0.15) is 90.9 Å². The smallest absolute Gasteiger partial charge is 0.122 e. The first-order chi connectivity index (χ1) is 18.1. The Bertz CT molecular complexity index is 1170. The Morgan fingerprint density at radius 3 is 1.57 bits per heavy atom. The number of unbranched alkanes of at least 4 members (excludes halogenated alkanes) is 8. The second kappa shape index (κ2) is 14.9. The van der Waals surface area contributed by atoms with Crippen LogP contribution in [0.25, 0.3) is 31.9 Å². The maximum absolute atomic E-state index is 5.13. The van der Waals surface area contributed by atoms with E-state index in [0.717, 1.165) is 25.2 Å². The van der Waals surface area contributed by atoms with Gasteiger partial charge in [0, 0.05) is 20.9 Å². The van der Waals surface area contributed by atoms with Crippen molar-refractivity contribution in [2.75, 3.05) is 0 Å². The van der Waals surface area contributed by atoms with E-state index in [2.05, 4.69) is 82.1 Å². The number of fused-ring (bicyclic) bond motifs is 1. The Morgan fingerprint density at radius 1 is 0.649 bits per heavy atom. The molecular weight excluding hydrogens is 626 g/mol. The van der Waals surface area contributed by atoms with Crippen LogP contribution in [0.4, 0.5) is 0 Å². The summed E-state index contributed by atoms with van der Waals surface area (Å²) in [4.78, 5) is 4.47. The molecule has 0 spiro atoms. The van der Waals surface area contributed by atoms with Crippen LogP contribution in [0.15, 0.2) is 44.0 Å². The molecule has 0 saturated heterocycles. The molecule has 3 heterocycles. The van der Waals surface area contributed by atoms with Gasteiger partial charge in [-0.2, -0.15) is 15.0 Å². The lowest BCUT2D eigenvalue weighted by Crippen LogP contribution is -2.13. The van der Waals surface area contributed by atoms with Crippen molar-refractivity contribution in [3.63, 3.8) is 0 Å². The van der Waals surface area contributed by atoms with Gasteiger partial charge in [-0.3, -0.25) is 0 Å². The Morgan fingerprint density at radius 2 is 1.11 bits per heavy atom. The minimum atomic E-state index is 0.642. The number of thiophene rings is 2. The highest BCUT2D eigenvalue weighted by Crippen LogP contribution is 2.40. The molecule has 1 unspecified atom stereocenters. The maximum Gasteiger partial charge on any atom is 0.122 e. The van der Waals surface area contributed by atoms with Crippen molar-refractivity contribution >= 4 is 65.6 Å². The van der Waals surface area contributed by atoms with E-state index in [-0.39, 0.29) is 0 Å². The molecule has 200 valence electrons. The van der Waals surface area contributed by atoms with E-state index >= 15 is 0 Å². The van der Waals surface area contributed by atoms with Crippen LogP contribution < -0.4 is 0 Å². The van der Waals surface area contributed by atoms with Crippen molar-refractivity contribution in [3.8, 4) is 20.9 Å². The normalized spacial score (nSPS) is 12.5. The van der Waals surface area contributed by atoms with Gasteiger partial charge in [-0.05, 0) is 74.9 Å². The van der Waals surface area contributed by atoms with Gasteiger partial charge in [-0.25, -0.2) is 0 Å². The van der Waals surface area contributed by atoms with E-state index in [0.29, 0.717) is 5.92 Å². The summed E-state index contributed by atoms with van der Waals surface area (Å²) in [6.45, 7) is 5.50. The average molecular weight is 666 g/mol. The quantitative estimate of drug-likeness (QED) is 0.112. The van der Waals surface area contributed by atoms with Gasteiger partial charge in [0.1, 0.15) is 11.0 Å². The van der Waals surface area contributed by atoms with Gasteiger partial charge in [-0.15, -0.1) is 22.7 Å².